The molecule has 1 aromatic carbocycles. The molecular weight excluding hydrogens is 354 g/mol. The Labute approximate surface area is 162 Å². The summed E-state index contributed by atoms with van der Waals surface area (Å²) in [5.41, 5.74) is 2.04. The molecule has 28 heavy (non-hydrogen) atoms. The van der Waals surface area contributed by atoms with Crippen molar-refractivity contribution in [2.45, 2.75) is 0 Å². The first-order valence-electron chi connectivity index (χ1n) is 9.18. The van der Waals surface area contributed by atoms with Crippen LogP contribution in [0.15, 0.2) is 65.7 Å². The van der Waals surface area contributed by atoms with Crippen LogP contribution in [0, 0.1) is 5.92 Å². The van der Waals surface area contributed by atoms with Crippen molar-refractivity contribution in [2.24, 2.45) is 13.0 Å². The SMILES string of the molecule is Cn1c(NCC2CN(C(=O)c3ccccc3)C2)nc(-c2ccncc2)cc1=O. The van der Waals surface area contributed by atoms with E-state index in [2.05, 4.69) is 15.3 Å². The number of hydrogen-bond acceptors (Lipinski definition) is 5. The number of rotatable bonds is 5. The molecule has 7 heteroatoms. The lowest BCUT2D eigenvalue weighted by Gasteiger charge is -2.39. The van der Waals surface area contributed by atoms with Crippen molar-refractivity contribution < 1.29 is 4.79 Å². The molecule has 7 nitrogen and oxygen atoms in total. The third kappa shape index (κ3) is 3.64. The normalized spacial score (nSPS) is 13.8. The van der Waals surface area contributed by atoms with Gasteiger partial charge in [0.05, 0.1) is 5.69 Å². The molecule has 4 rings (SSSR count). The minimum atomic E-state index is -0.126. The molecule has 1 aliphatic heterocycles. The highest BCUT2D eigenvalue weighted by Crippen LogP contribution is 2.20. The van der Waals surface area contributed by atoms with E-state index in [1.165, 1.54) is 10.6 Å². The Morgan fingerprint density at radius 1 is 1.14 bits per heavy atom. The number of benzene rings is 1. The second-order valence-corrected chi connectivity index (χ2v) is 6.92. The molecule has 3 heterocycles. The molecule has 142 valence electrons. The van der Waals surface area contributed by atoms with Crippen molar-refractivity contribution in [3.05, 3.63) is 76.8 Å². The van der Waals surface area contributed by atoms with Gasteiger partial charge in [0.1, 0.15) is 0 Å². The van der Waals surface area contributed by atoms with Crippen LogP contribution in [0.25, 0.3) is 11.3 Å². The Bertz CT molecular complexity index is 1030. The van der Waals surface area contributed by atoms with E-state index in [0.29, 0.717) is 42.8 Å². The summed E-state index contributed by atoms with van der Waals surface area (Å²) in [6.07, 6.45) is 3.35. The third-order valence-electron chi connectivity index (χ3n) is 4.92. The van der Waals surface area contributed by atoms with Crippen LogP contribution < -0.4 is 10.9 Å². The molecule has 0 spiro atoms. The van der Waals surface area contributed by atoms with Gasteiger partial charge in [0, 0.05) is 62.2 Å². The Morgan fingerprint density at radius 2 is 1.86 bits per heavy atom. The van der Waals surface area contributed by atoms with Gasteiger partial charge < -0.3 is 10.2 Å². The number of likely N-dealkylation sites (tertiary alicyclic amines) is 1. The van der Waals surface area contributed by atoms with Crippen LogP contribution in [-0.4, -0.2) is 45.0 Å². The molecular formula is C21H21N5O2. The maximum atomic E-state index is 12.4. The zero-order valence-electron chi connectivity index (χ0n) is 15.6. The molecule has 0 bridgehead atoms. The largest absolute Gasteiger partial charge is 0.355 e. The van der Waals surface area contributed by atoms with Gasteiger partial charge >= 0.3 is 0 Å². The standard InChI is InChI=1S/C21H21N5O2/c1-25-19(27)11-18(16-7-9-22-10-8-16)24-21(25)23-12-15-13-26(14-15)20(28)17-5-3-2-4-6-17/h2-11,15H,12-14H2,1H3,(H,23,24). The molecule has 0 atom stereocenters. The number of aromatic nitrogens is 3. The van der Waals surface area contributed by atoms with Gasteiger partial charge in [-0.05, 0) is 24.3 Å². The van der Waals surface area contributed by atoms with Gasteiger partial charge in [-0.3, -0.25) is 19.1 Å². The minimum absolute atomic E-state index is 0.0575. The van der Waals surface area contributed by atoms with Crippen LogP contribution in [0.4, 0.5) is 5.95 Å². The fraction of sp³-hybridized carbons (Fsp3) is 0.238. The lowest BCUT2D eigenvalue weighted by atomic mass is 9.99. The molecule has 0 unspecified atom stereocenters. The van der Waals surface area contributed by atoms with Crippen LogP contribution in [0.3, 0.4) is 0 Å². The molecule has 1 amide bonds. The first-order chi connectivity index (χ1) is 13.6. The summed E-state index contributed by atoms with van der Waals surface area (Å²) < 4.78 is 1.50. The van der Waals surface area contributed by atoms with E-state index in [9.17, 15) is 9.59 Å². The first kappa shape index (κ1) is 17.9. The van der Waals surface area contributed by atoms with E-state index in [4.69, 9.17) is 0 Å². The van der Waals surface area contributed by atoms with Crippen LogP contribution in [0.2, 0.25) is 0 Å². The van der Waals surface area contributed by atoms with E-state index >= 15 is 0 Å². The summed E-state index contributed by atoms with van der Waals surface area (Å²) in [5, 5.41) is 3.26. The highest BCUT2D eigenvalue weighted by Gasteiger charge is 2.31. The molecule has 1 fully saturated rings. The predicted octanol–water partition coefficient (Wildman–Crippen LogP) is 2.03. The Balaban J connectivity index is 1.39. The molecule has 3 aromatic rings. The monoisotopic (exact) mass is 375 g/mol. The Hall–Kier alpha value is -3.48. The second kappa shape index (κ2) is 7.64. The van der Waals surface area contributed by atoms with Gasteiger partial charge in [0.2, 0.25) is 5.95 Å². The summed E-state index contributed by atoms with van der Waals surface area (Å²) in [4.78, 5) is 35.1. The average molecular weight is 375 g/mol. The maximum Gasteiger partial charge on any atom is 0.255 e. The zero-order chi connectivity index (χ0) is 19.5. The van der Waals surface area contributed by atoms with E-state index < -0.39 is 0 Å². The van der Waals surface area contributed by atoms with E-state index in [1.807, 2.05) is 47.4 Å². The fourth-order valence-corrected chi connectivity index (χ4v) is 3.23. The van der Waals surface area contributed by atoms with Gasteiger partial charge in [-0.15, -0.1) is 0 Å². The van der Waals surface area contributed by atoms with Crippen LogP contribution in [-0.2, 0) is 7.05 Å². The molecule has 0 saturated carbocycles. The molecule has 1 saturated heterocycles. The van der Waals surface area contributed by atoms with Crippen LogP contribution in [0.5, 0.6) is 0 Å². The first-order valence-corrected chi connectivity index (χ1v) is 9.18. The smallest absolute Gasteiger partial charge is 0.255 e. The van der Waals surface area contributed by atoms with Gasteiger partial charge in [-0.1, -0.05) is 18.2 Å². The van der Waals surface area contributed by atoms with Crippen LogP contribution >= 0.6 is 0 Å². The summed E-state index contributed by atoms with van der Waals surface area (Å²) in [6.45, 7) is 2.04. The van der Waals surface area contributed by atoms with Gasteiger partial charge in [0.15, 0.2) is 0 Å². The number of pyridine rings is 1. The highest BCUT2D eigenvalue weighted by molar-refractivity contribution is 5.94. The van der Waals surface area contributed by atoms with Crippen molar-refractivity contribution in [1.29, 1.82) is 0 Å². The number of nitrogens with one attached hydrogen (secondary N) is 1. The van der Waals surface area contributed by atoms with E-state index in [-0.39, 0.29) is 11.5 Å². The Morgan fingerprint density at radius 3 is 2.57 bits per heavy atom. The van der Waals surface area contributed by atoms with Crippen molar-refractivity contribution in [1.82, 2.24) is 19.4 Å². The topological polar surface area (TPSA) is 80.1 Å². The summed E-state index contributed by atoms with van der Waals surface area (Å²) in [6, 6.07) is 14.5. The number of amides is 1. The molecule has 2 aromatic heterocycles. The van der Waals surface area contributed by atoms with Crippen molar-refractivity contribution in [3.8, 4) is 11.3 Å². The lowest BCUT2D eigenvalue weighted by Crippen LogP contribution is -2.52. The zero-order valence-corrected chi connectivity index (χ0v) is 15.6. The van der Waals surface area contributed by atoms with E-state index in [0.717, 1.165) is 5.56 Å². The number of nitrogens with zero attached hydrogens (tertiary/aromatic N) is 4. The van der Waals surface area contributed by atoms with Gasteiger partial charge in [-0.25, -0.2) is 4.98 Å². The van der Waals surface area contributed by atoms with Crippen molar-refractivity contribution in [2.75, 3.05) is 25.0 Å². The molecule has 1 aliphatic rings. The fourth-order valence-electron chi connectivity index (χ4n) is 3.23. The highest BCUT2D eigenvalue weighted by atomic mass is 16.2. The number of hydrogen-bond donors (Lipinski definition) is 1. The summed E-state index contributed by atoms with van der Waals surface area (Å²) in [5.74, 6) is 0.906. The number of anilines is 1. The van der Waals surface area contributed by atoms with E-state index in [1.54, 1.807) is 19.4 Å². The molecule has 1 N–H and O–H groups in total. The van der Waals surface area contributed by atoms with Gasteiger partial charge in [0.25, 0.3) is 11.5 Å². The maximum absolute atomic E-state index is 12.4. The average Bonchev–Trinajstić information content (AvgIpc) is 2.70. The van der Waals surface area contributed by atoms with Gasteiger partial charge in [-0.2, -0.15) is 0 Å². The third-order valence-corrected chi connectivity index (χ3v) is 4.92. The molecule has 0 radical (unpaired) electrons. The summed E-state index contributed by atoms with van der Waals surface area (Å²) in [7, 11) is 1.69. The number of carbonyl (C=O) groups excluding carboxylic acids is 1. The predicted molar refractivity (Wildman–Crippen MR) is 107 cm³/mol. The lowest BCUT2D eigenvalue weighted by molar-refractivity contribution is 0.0521. The van der Waals surface area contributed by atoms with Crippen LogP contribution in [0.1, 0.15) is 10.4 Å². The summed E-state index contributed by atoms with van der Waals surface area (Å²) >= 11 is 0. The number of carbonyl (C=O) groups is 1. The van der Waals surface area contributed by atoms with Crippen molar-refractivity contribution in [3.63, 3.8) is 0 Å². The quantitative estimate of drug-likeness (QED) is 0.738. The second-order valence-electron chi connectivity index (χ2n) is 6.92. The minimum Gasteiger partial charge on any atom is -0.355 e. The van der Waals surface area contributed by atoms with Crippen molar-refractivity contribution >= 4 is 11.9 Å². The Kier molecular flexibility index (Phi) is 4.89. The molecule has 0 aliphatic carbocycles.